The molecule has 3 heterocycles. The highest BCUT2D eigenvalue weighted by molar-refractivity contribution is 8.05. The molecule has 3 aliphatic heterocycles. The maximum Gasteiger partial charge on any atom is 0.346 e. The standard InChI is InChI=1S/C28H12O6S4/c29-25-17-5-1-13(9-19(17)27(31)33-25)35-15-3-7-21-23(11-15)37-22-8-4-16(12-24(22)38-21)36-14-2-6-18-20(10-14)28(32)34-26(18)30/h1-12H. The molecule has 38 heavy (non-hydrogen) atoms. The molecule has 4 aromatic carbocycles. The number of fused-ring (bicyclic) bond motifs is 4. The molecule has 0 spiro atoms. The molecule has 0 unspecified atom stereocenters. The van der Waals surface area contributed by atoms with Gasteiger partial charge in [-0.15, -0.1) is 0 Å². The largest absolute Gasteiger partial charge is 0.386 e. The molecule has 6 nitrogen and oxygen atoms in total. The monoisotopic (exact) mass is 572 g/mol. The molecule has 10 heteroatoms. The van der Waals surface area contributed by atoms with Crippen LogP contribution in [0.1, 0.15) is 41.4 Å². The van der Waals surface area contributed by atoms with Crippen molar-refractivity contribution in [3.8, 4) is 0 Å². The van der Waals surface area contributed by atoms with Crippen LogP contribution in [-0.4, -0.2) is 23.9 Å². The Morgan fingerprint density at radius 2 is 0.789 bits per heavy atom. The summed E-state index contributed by atoms with van der Waals surface area (Å²) in [7, 11) is 0. The average molecular weight is 573 g/mol. The van der Waals surface area contributed by atoms with Crippen LogP contribution in [0, 0.1) is 0 Å². The molecule has 4 aromatic rings. The second-order valence-electron chi connectivity index (χ2n) is 8.39. The molecule has 7 rings (SSSR count). The summed E-state index contributed by atoms with van der Waals surface area (Å²) in [4.78, 5) is 55.5. The fourth-order valence-corrected chi connectivity index (χ4v) is 8.42. The fourth-order valence-electron chi connectivity index (χ4n) is 4.20. The van der Waals surface area contributed by atoms with E-state index in [1.165, 1.54) is 23.5 Å². The van der Waals surface area contributed by atoms with E-state index in [1.807, 2.05) is 24.3 Å². The van der Waals surface area contributed by atoms with Gasteiger partial charge in [0.1, 0.15) is 0 Å². The number of carbonyl (C=O) groups excluding carboxylic acids is 4. The van der Waals surface area contributed by atoms with Crippen molar-refractivity contribution >= 4 is 70.9 Å². The van der Waals surface area contributed by atoms with Crippen molar-refractivity contribution in [3.05, 3.63) is 95.1 Å². The van der Waals surface area contributed by atoms with Gasteiger partial charge in [-0.25, -0.2) is 19.2 Å². The molecule has 0 atom stereocenters. The lowest BCUT2D eigenvalue weighted by molar-refractivity contribution is 0.0425. The minimum atomic E-state index is -0.604. The second-order valence-corrected chi connectivity index (χ2v) is 12.9. The van der Waals surface area contributed by atoms with Gasteiger partial charge in [0.05, 0.1) is 22.3 Å². The summed E-state index contributed by atoms with van der Waals surface area (Å²) in [5, 5.41) is 0. The van der Waals surface area contributed by atoms with Gasteiger partial charge in [0, 0.05) is 39.2 Å². The average Bonchev–Trinajstić information content (AvgIpc) is 3.35. The Bertz CT molecular complexity index is 1630. The summed E-state index contributed by atoms with van der Waals surface area (Å²) >= 11 is 6.45. The molecule has 0 aromatic heterocycles. The van der Waals surface area contributed by atoms with Crippen molar-refractivity contribution in [2.45, 2.75) is 39.2 Å². The van der Waals surface area contributed by atoms with Crippen LogP contribution >= 0.6 is 47.0 Å². The summed E-state index contributed by atoms with van der Waals surface area (Å²) in [5.74, 6) is -2.41. The van der Waals surface area contributed by atoms with Gasteiger partial charge >= 0.3 is 23.9 Å². The fraction of sp³-hybridized carbons (Fsp3) is 0. The van der Waals surface area contributed by atoms with Gasteiger partial charge < -0.3 is 9.47 Å². The van der Waals surface area contributed by atoms with Crippen molar-refractivity contribution < 1.29 is 28.7 Å². The Morgan fingerprint density at radius 3 is 1.24 bits per heavy atom. The van der Waals surface area contributed by atoms with E-state index in [0.717, 1.165) is 39.2 Å². The number of carbonyl (C=O) groups is 4. The van der Waals surface area contributed by atoms with Crippen LogP contribution in [0.3, 0.4) is 0 Å². The van der Waals surface area contributed by atoms with E-state index < -0.39 is 23.9 Å². The lowest BCUT2D eigenvalue weighted by atomic mass is 10.1. The Balaban J connectivity index is 1.09. The maximum absolute atomic E-state index is 11.9. The third-order valence-electron chi connectivity index (χ3n) is 5.97. The van der Waals surface area contributed by atoms with Crippen LogP contribution in [-0.2, 0) is 9.47 Å². The van der Waals surface area contributed by atoms with Crippen LogP contribution in [0.5, 0.6) is 0 Å². The molecule has 0 N–H and O–H groups in total. The van der Waals surface area contributed by atoms with Crippen LogP contribution in [0.4, 0.5) is 0 Å². The molecule has 0 bridgehead atoms. The van der Waals surface area contributed by atoms with E-state index >= 15 is 0 Å². The first-order valence-corrected chi connectivity index (χ1v) is 14.5. The highest BCUT2D eigenvalue weighted by atomic mass is 32.2. The summed E-state index contributed by atoms with van der Waals surface area (Å²) in [6.45, 7) is 0. The Labute approximate surface area is 232 Å². The lowest BCUT2D eigenvalue weighted by Gasteiger charge is -2.19. The van der Waals surface area contributed by atoms with Crippen molar-refractivity contribution in [3.63, 3.8) is 0 Å². The highest BCUT2D eigenvalue weighted by Crippen LogP contribution is 2.51. The summed E-state index contributed by atoms with van der Waals surface area (Å²) in [6.07, 6.45) is 0. The number of rotatable bonds is 4. The van der Waals surface area contributed by atoms with Gasteiger partial charge in [-0.3, -0.25) is 0 Å². The first kappa shape index (κ1) is 23.7. The van der Waals surface area contributed by atoms with E-state index in [4.69, 9.17) is 0 Å². The van der Waals surface area contributed by atoms with Gasteiger partial charge in [0.15, 0.2) is 0 Å². The third-order valence-corrected chi connectivity index (χ3v) is 10.5. The van der Waals surface area contributed by atoms with Crippen molar-refractivity contribution in [1.29, 1.82) is 0 Å². The molecule has 3 aliphatic rings. The van der Waals surface area contributed by atoms with Crippen molar-refractivity contribution in [2.24, 2.45) is 0 Å². The Kier molecular flexibility index (Phi) is 5.66. The topological polar surface area (TPSA) is 86.7 Å². The smallest absolute Gasteiger partial charge is 0.346 e. The van der Waals surface area contributed by atoms with Crippen LogP contribution in [0.2, 0.25) is 0 Å². The minimum absolute atomic E-state index is 0.304. The normalized spacial score (nSPS) is 14.9. The van der Waals surface area contributed by atoms with Gasteiger partial charge in [-0.1, -0.05) is 47.0 Å². The number of ether oxygens (including phenoxy) is 2. The minimum Gasteiger partial charge on any atom is -0.386 e. The molecular formula is C28H12O6S4. The molecule has 0 amide bonds. The quantitative estimate of drug-likeness (QED) is 0.162. The molecular weight excluding hydrogens is 561 g/mol. The lowest BCUT2D eigenvalue weighted by Crippen LogP contribution is -1.96. The SMILES string of the molecule is O=C1OC(=O)c2cc(Sc3ccc4c(c3)Sc3ccc(Sc5ccc6c(c5)C(=O)OC6=O)cc3S4)ccc21. The molecule has 0 fully saturated rings. The summed E-state index contributed by atoms with van der Waals surface area (Å²) in [5.41, 5.74) is 1.22. The van der Waals surface area contributed by atoms with E-state index in [2.05, 4.69) is 33.7 Å². The molecule has 0 saturated carbocycles. The third kappa shape index (κ3) is 4.14. The van der Waals surface area contributed by atoms with Gasteiger partial charge in [-0.2, -0.15) is 0 Å². The van der Waals surface area contributed by atoms with Gasteiger partial charge in [0.25, 0.3) is 0 Å². The first-order chi connectivity index (χ1) is 18.4. The Hall–Kier alpha value is -3.44. The number of hydrogen-bond acceptors (Lipinski definition) is 10. The predicted molar refractivity (Wildman–Crippen MR) is 142 cm³/mol. The van der Waals surface area contributed by atoms with E-state index in [-0.39, 0.29) is 0 Å². The predicted octanol–water partition coefficient (Wildman–Crippen LogP) is 7.23. The van der Waals surface area contributed by atoms with Gasteiger partial charge in [0.2, 0.25) is 0 Å². The maximum atomic E-state index is 11.9. The van der Waals surface area contributed by atoms with E-state index in [1.54, 1.807) is 47.8 Å². The first-order valence-electron chi connectivity index (χ1n) is 11.2. The van der Waals surface area contributed by atoms with Gasteiger partial charge in [-0.05, 0) is 72.8 Å². The number of hydrogen-bond donors (Lipinski definition) is 0. The highest BCUT2D eigenvalue weighted by Gasteiger charge is 2.31. The number of esters is 4. The molecule has 0 radical (unpaired) electrons. The van der Waals surface area contributed by atoms with Crippen LogP contribution in [0.15, 0.2) is 112 Å². The summed E-state index contributed by atoms with van der Waals surface area (Å²) < 4.78 is 9.37. The van der Waals surface area contributed by atoms with Crippen LogP contribution in [0.25, 0.3) is 0 Å². The van der Waals surface area contributed by atoms with E-state index in [9.17, 15) is 19.2 Å². The van der Waals surface area contributed by atoms with E-state index in [0.29, 0.717) is 22.3 Å². The van der Waals surface area contributed by atoms with Crippen molar-refractivity contribution in [2.75, 3.05) is 0 Å². The molecule has 184 valence electrons. The second kappa shape index (κ2) is 9.09. The number of benzene rings is 4. The number of cyclic esters (lactones) is 4. The zero-order valence-electron chi connectivity index (χ0n) is 19.0. The summed E-state index contributed by atoms with van der Waals surface area (Å²) in [6, 6.07) is 22.8. The molecule has 0 saturated heterocycles. The Morgan fingerprint density at radius 1 is 0.421 bits per heavy atom. The zero-order valence-corrected chi connectivity index (χ0v) is 22.3. The molecule has 0 aliphatic carbocycles. The zero-order chi connectivity index (χ0) is 26.0. The van der Waals surface area contributed by atoms with Crippen LogP contribution < -0.4 is 0 Å². The van der Waals surface area contributed by atoms with Crippen molar-refractivity contribution in [1.82, 2.24) is 0 Å².